The van der Waals surface area contributed by atoms with Crippen LogP contribution in [0.15, 0.2) is 210 Å². The van der Waals surface area contributed by atoms with Gasteiger partial charge in [0.15, 0.2) is 5.84 Å². The van der Waals surface area contributed by atoms with Crippen molar-refractivity contribution in [2.75, 3.05) is 0 Å². The zero-order chi connectivity index (χ0) is 37.7. The van der Waals surface area contributed by atoms with Crippen molar-refractivity contribution in [2.24, 2.45) is 9.98 Å². The highest BCUT2D eigenvalue weighted by Crippen LogP contribution is 2.40. The lowest BCUT2D eigenvalue weighted by atomic mass is 9.97. The maximum atomic E-state index is 5.12. The summed E-state index contributed by atoms with van der Waals surface area (Å²) >= 11 is 0. The molecule has 0 fully saturated rings. The Labute approximate surface area is 330 Å². The van der Waals surface area contributed by atoms with Gasteiger partial charge in [0, 0.05) is 50.3 Å². The first-order valence-electron chi connectivity index (χ1n) is 19.3. The molecule has 5 nitrogen and oxygen atoms in total. The Kier molecular flexibility index (Phi) is 7.81. The zero-order valence-electron chi connectivity index (χ0n) is 30.9. The van der Waals surface area contributed by atoms with Gasteiger partial charge in [0.25, 0.3) is 0 Å². The fourth-order valence-corrected chi connectivity index (χ4v) is 8.30. The van der Waals surface area contributed by atoms with Crippen molar-refractivity contribution in [1.29, 1.82) is 0 Å². The average molecular weight is 730 g/mol. The molecule has 0 spiro atoms. The van der Waals surface area contributed by atoms with Gasteiger partial charge in [-0.25, -0.2) is 9.98 Å². The van der Waals surface area contributed by atoms with E-state index in [1.165, 1.54) is 32.6 Å². The number of amidine groups is 2. The van der Waals surface area contributed by atoms with Crippen LogP contribution >= 0.6 is 0 Å². The molecule has 268 valence electrons. The van der Waals surface area contributed by atoms with Crippen molar-refractivity contribution in [1.82, 2.24) is 14.9 Å². The smallest absolute Gasteiger partial charge is 0.159 e. The van der Waals surface area contributed by atoms with Crippen LogP contribution in [0.4, 0.5) is 0 Å². The van der Waals surface area contributed by atoms with Crippen molar-refractivity contribution in [3.8, 4) is 27.9 Å². The molecule has 1 aliphatic heterocycles. The average Bonchev–Trinajstić information content (AvgIpc) is 3.63. The van der Waals surface area contributed by atoms with Gasteiger partial charge in [0.05, 0.1) is 16.6 Å². The first-order valence-corrected chi connectivity index (χ1v) is 19.3. The van der Waals surface area contributed by atoms with Gasteiger partial charge in [-0.05, 0) is 63.9 Å². The molecule has 1 unspecified atom stereocenters. The van der Waals surface area contributed by atoms with Gasteiger partial charge in [-0.3, -0.25) is 4.98 Å². The number of hydrogen-bond acceptors (Lipinski definition) is 4. The summed E-state index contributed by atoms with van der Waals surface area (Å²) < 4.78 is 2.38. The van der Waals surface area contributed by atoms with E-state index in [0.29, 0.717) is 5.84 Å². The molecule has 10 aromatic rings. The summed E-state index contributed by atoms with van der Waals surface area (Å²) in [7, 11) is 0. The van der Waals surface area contributed by atoms with Gasteiger partial charge in [0.1, 0.15) is 12.0 Å². The molecule has 1 N–H and O–H groups in total. The number of aromatic nitrogens is 2. The van der Waals surface area contributed by atoms with Crippen LogP contribution in [0.3, 0.4) is 0 Å². The first kappa shape index (κ1) is 32.8. The largest absolute Gasteiger partial charge is 0.344 e. The van der Waals surface area contributed by atoms with Gasteiger partial charge in [-0.2, -0.15) is 0 Å². The first-order chi connectivity index (χ1) is 28.2. The molecule has 0 saturated heterocycles. The van der Waals surface area contributed by atoms with E-state index in [0.717, 1.165) is 61.4 Å². The van der Waals surface area contributed by atoms with Crippen LogP contribution < -0.4 is 5.32 Å². The number of hydrogen-bond donors (Lipinski definition) is 1. The van der Waals surface area contributed by atoms with Crippen LogP contribution in [0.5, 0.6) is 0 Å². The van der Waals surface area contributed by atoms with E-state index in [2.05, 4.69) is 168 Å². The lowest BCUT2D eigenvalue weighted by Crippen LogP contribution is -2.33. The predicted octanol–water partition coefficient (Wildman–Crippen LogP) is 12.3. The maximum Gasteiger partial charge on any atom is 0.159 e. The van der Waals surface area contributed by atoms with Gasteiger partial charge >= 0.3 is 0 Å². The Morgan fingerprint density at radius 1 is 0.474 bits per heavy atom. The molecule has 0 amide bonds. The molecule has 8 aromatic carbocycles. The van der Waals surface area contributed by atoms with Crippen molar-refractivity contribution in [2.45, 2.75) is 6.17 Å². The molecular formula is C52H35N5. The third-order valence-electron chi connectivity index (χ3n) is 11.1. The molecule has 5 heteroatoms. The summed E-state index contributed by atoms with van der Waals surface area (Å²) in [4.78, 5) is 15.1. The normalized spacial score (nSPS) is 14.1. The molecule has 0 bridgehead atoms. The number of aliphatic imine (C=N–C) groups is 2. The zero-order valence-corrected chi connectivity index (χ0v) is 30.9. The Balaban J connectivity index is 0.955. The minimum atomic E-state index is -0.281. The van der Waals surface area contributed by atoms with Crippen molar-refractivity contribution in [3.05, 3.63) is 217 Å². The summed E-state index contributed by atoms with van der Waals surface area (Å²) in [6, 6.07) is 68.4. The highest BCUT2D eigenvalue weighted by atomic mass is 15.2. The van der Waals surface area contributed by atoms with Crippen LogP contribution in [0.2, 0.25) is 0 Å². The van der Waals surface area contributed by atoms with Crippen molar-refractivity contribution < 1.29 is 0 Å². The molecule has 1 aliphatic rings. The van der Waals surface area contributed by atoms with Crippen LogP contribution in [0.1, 0.15) is 22.9 Å². The Morgan fingerprint density at radius 3 is 1.96 bits per heavy atom. The van der Waals surface area contributed by atoms with Gasteiger partial charge < -0.3 is 9.88 Å². The molecule has 2 aromatic heterocycles. The number of nitrogens with one attached hydrogen (secondary N) is 1. The standard InChI is InChI=1S/C52H35N5/c1-4-14-36(15-5-1)50-54-51(37-16-6-2-7-17-37)56-52(55-50)38-25-23-34(24-26-38)41-31-40-18-12-22-44(49(40)53-33-41)39-28-29-46-45(32-39)48-43-21-11-10-13-35(43)27-30-47(48)57(46)42-19-8-3-9-20-42/h1-33,52H,(H,54,55,56). The molecule has 3 heterocycles. The van der Waals surface area contributed by atoms with Gasteiger partial charge in [-0.15, -0.1) is 0 Å². The summed E-state index contributed by atoms with van der Waals surface area (Å²) in [5, 5.41) is 9.66. The molecular weight excluding hydrogens is 695 g/mol. The topological polar surface area (TPSA) is 54.6 Å². The number of pyridine rings is 1. The summed E-state index contributed by atoms with van der Waals surface area (Å²) in [6.45, 7) is 0. The highest BCUT2D eigenvalue weighted by molar-refractivity contribution is 6.22. The van der Waals surface area contributed by atoms with Crippen molar-refractivity contribution >= 4 is 55.2 Å². The van der Waals surface area contributed by atoms with E-state index < -0.39 is 0 Å². The van der Waals surface area contributed by atoms with E-state index in [-0.39, 0.29) is 6.17 Å². The predicted molar refractivity (Wildman–Crippen MR) is 236 cm³/mol. The van der Waals surface area contributed by atoms with E-state index in [1.807, 2.05) is 42.6 Å². The number of fused-ring (bicyclic) bond motifs is 6. The van der Waals surface area contributed by atoms with Crippen LogP contribution in [0.25, 0.3) is 71.4 Å². The summed E-state index contributed by atoms with van der Waals surface area (Å²) in [6.07, 6.45) is 1.72. The van der Waals surface area contributed by atoms with E-state index in [4.69, 9.17) is 15.0 Å². The maximum absolute atomic E-state index is 5.12. The van der Waals surface area contributed by atoms with E-state index in [1.54, 1.807) is 0 Å². The monoisotopic (exact) mass is 729 g/mol. The van der Waals surface area contributed by atoms with Crippen LogP contribution in [0, 0.1) is 0 Å². The molecule has 0 radical (unpaired) electrons. The number of para-hydroxylation sites is 2. The minimum absolute atomic E-state index is 0.281. The fraction of sp³-hybridized carbons (Fsp3) is 0.0192. The molecule has 11 rings (SSSR count). The quantitative estimate of drug-likeness (QED) is 0.185. The number of nitrogens with zero attached hydrogens (tertiary/aromatic N) is 4. The summed E-state index contributed by atoms with van der Waals surface area (Å²) in [5.41, 5.74) is 12.0. The molecule has 1 atom stereocenters. The van der Waals surface area contributed by atoms with Gasteiger partial charge in [-0.1, -0.05) is 158 Å². The second-order valence-electron chi connectivity index (χ2n) is 14.5. The van der Waals surface area contributed by atoms with E-state index >= 15 is 0 Å². The van der Waals surface area contributed by atoms with Crippen LogP contribution in [-0.4, -0.2) is 21.2 Å². The van der Waals surface area contributed by atoms with Crippen molar-refractivity contribution in [3.63, 3.8) is 0 Å². The lowest BCUT2D eigenvalue weighted by Gasteiger charge is -2.23. The number of rotatable bonds is 6. The summed E-state index contributed by atoms with van der Waals surface area (Å²) in [5.74, 6) is 1.52. The number of benzene rings is 8. The van der Waals surface area contributed by atoms with E-state index in [9.17, 15) is 0 Å². The Morgan fingerprint density at radius 2 is 1.16 bits per heavy atom. The third kappa shape index (κ3) is 5.76. The second-order valence-corrected chi connectivity index (χ2v) is 14.5. The SMILES string of the molecule is c1ccc(C2=NC(c3ccc(-c4cnc5c(-c6ccc7c(c6)c6c8ccccc8ccc6n7-c6ccccc6)cccc5c4)cc3)NC(c3ccccc3)=N2)cc1. The molecule has 0 aliphatic carbocycles. The Hall–Kier alpha value is -7.63. The highest BCUT2D eigenvalue weighted by Gasteiger charge is 2.21. The van der Waals surface area contributed by atoms with Gasteiger partial charge in [0.2, 0.25) is 0 Å². The second kappa shape index (κ2) is 13.6. The third-order valence-corrected chi connectivity index (χ3v) is 11.1. The lowest BCUT2D eigenvalue weighted by molar-refractivity contribution is 0.674. The molecule has 57 heavy (non-hydrogen) atoms. The Bertz CT molecular complexity index is 3180. The fourth-order valence-electron chi connectivity index (χ4n) is 8.30. The van der Waals surface area contributed by atoms with Crippen LogP contribution in [-0.2, 0) is 0 Å². The molecule has 0 saturated carbocycles. The minimum Gasteiger partial charge on any atom is -0.344 e.